The van der Waals surface area contributed by atoms with E-state index in [1.807, 2.05) is 19.1 Å². The lowest BCUT2D eigenvalue weighted by atomic mass is 10.2. The van der Waals surface area contributed by atoms with Gasteiger partial charge in [-0.1, -0.05) is 35.4 Å². The number of nitrogens with one attached hydrogen (secondary N) is 1. The van der Waals surface area contributed by atoms with Crippen molar-refractivity contribution >= 4 is 58.1 Å². The molecule has 0 spiro atoms. The highest BCUT2D eigenvalue weighted by molar-refractivity contribution is 8.18. The number of carbonyl (C=O) groups is 4. The first kappa shape index (κ1) is 24.3. The number of thioether (sulfide) groups is 1. The van der Waals surface area contributed by atoms with Gasteiger partial charge in [0.05, 0.1) is 17.0 Å². The minimum Gasteiger partial charge on any atom is -0.482 e. The molecule has 33 heavy (non-hydrogen) atoms. The van der Waals surface area contributed by atoms with Gasteiger partial charge in [-0.15, -0.1) is 0 Å². The molecule has 1 heterocycles. The molecule has 8 nitrogen and oxygen atoms in total. The van der Waals surface area contributed by atoms with E-state index in [1.54, 1.807) is 30.3 Å². The van der Waals surface area contributed by atoms with Crippen LogP contribution in [0.1, 0.15) is 18.1 Å². The Bertz CT molecular complexity index is 1130. The molecule has 172 valence electrons. The Balaban J connectivity index is 1.64. The first-order chi connectivity index (χ1) is 15.7. The number of esters is 1. The molecule has 1 unspecified atom stereocenters. The van der Waals surface area contributed by atoms with Crippen molar-refractivity contribution in [3.8, 4) is 5.75 Å². The summed E-state index contributed by atoms with van der Waals surface area (Å²) < 4.78 is 10.1. The van der Waals surface area contributed by atoms with Crippen LogP contribution >= 0.6 is 23.4 Å². The number of anilines is 1. The fraction of sp³-hybridized carbons (Fsp3) is 0.217. The maximum atomic E-state index is 12.6. The zero-order chi connectivity index (χ0) is 24.1. The van der Waals surface area contributed by atoms with E-state index in [1.165, 1.54) is 20.1 Å². The Kier molecular flexibility index (Phi) is 7.78. The number of ether oxygens (including phenoxy) is 2. The van der Waals surface area contributed by atoms with E-state index in [2.05, 4.69) is 10.1 Å². The summed E-state index contributed by atoms with van der Waals surface area (Å²) in [4.78, 5) is 49.6. The molecule has 1 fully saturated rings. The summed E-state index contributed by atoms with van der Waals surface area (Å²) in [6, 6.07) is 11.1. The largest absolute Gasteiger partial charge is 0.482 e. The Labute approximate surface area is 199 Å². The summed E-state index contributed by atoms with van der Waals surface area (Å²) in [5.74, 6) is -1.32. The number of halogens is 1. The van der Waals surface area contributed by atoms with Gasteiger partial charge in [-0.05, 0) is 61.5 Å². The fourth-order valence-corrected chi connectivity index (χ4v) is 4.09. The molecule has 0 radical (unpaired) electrons. The number of hydrogen-bond donors (Lipinski definition) is 1. The number of benzene rings is 2. The van der Waals surface area contributed by atoms with Crippen LogP contribution in [-0.2, 0) is 19.1 Å². The van der Waals surface area contributed by atoms with Gasteiger partial charge in [-0.25, -0.2) is 4.79 Å². The van der Waals surface area contributed by atoms with Crippen LogP contribution in [0.2, 0.25) is 5.02 Å². The van der Waals surface area contributed by atoms with E-state index in [0.717, 1.165) is 22.2 Å². The molecule has 10 heteroatoms. The Hall–Kier alpha value is -3.30. The molecule has 0 aliphatic carbocycles. The van der Waals surface area contributed by atoms with Crippen LogP contribution in [-0.4, -0.2) is 47.7 Å². The van der Waals surface area contributed by atoms with Crippen LogP contribution in [0.15, 0.2) is 47.4 Å². The van der Waals surface area contributed by atoms with Crippen LogP contribution < -0.4 is 10.1 Å². The second kappa shape index (κ2) is 10.5. The van der Waals surface area contributed by atoms with Crippen LogP contribution in [0.4, 0.5) is 10.5 Å². The monoisotopic (exact) mass is 488 g/mol. The molecule has 1 aliphatic rings. The van der Waals surface area contributed by atoms with E-state index < -0.39 is 23.2 Å². The summed E-state index contributed by atoms with van der Waals surface area (Å²) in [5.41, 5.74) is 2.29. The van der Waals surface area contributed by atoms with Gasteiger partial charge in [0.25, 0.3) is 17.1 Å². The number of hydrogen-bond acceptors (Lipinski definition) is 7. The maximum absolute atomic E-state index is 12.6. The predicted molar refractivity (Wildman–Crippen MR) is 126 cm³/mol. The van der Waals surface area contributed by atoms with Gasteiger partial charge in [-0.3, -0.25) is 19.3 Å². The third-order valence-corrected chi connectivity index (χ3v) is 5.88. The maximum Gasteiger partial charge on any atom is 0.328 e. The fourth-order valence-electron chi connectivity index (χ4n) is 2.94. The molecule has 0 bridgehead atoms. The summed E-state index contributed by atoms with van der Waals surface area (Å²) in [7, 11) is 1.19. The van der Waals surface area contributed by atoms with Crippen molar-refractivity contribution in [2.45, 2.75) is 19.9 Å². The lowest BCUT2D eigenvalue weighted by Crippen LogP contribution is -2.42. The first-order valence-corrected chi connectivity index (χ1v) is 11.0. The molecule has 3 rings (SSSR count). The Morgan fingerprint density at radius 1 is 1.18 bits per heavy atom. The molecule has 1 saturated heterocycles. The molecule has 1 N–H and O–H groups in total. The second-order valence-corrected chi connectivity index (χ2v) is 8.54. The topological polar surface area (TPSA) is 102 Å². The Morgan fingerprint density at radius 2 is 1.88 bits per heavy atom. The van der Waals surface area contributed by atoms with Crippen LogP contribution in [0.5, 0.6) is 5.75 Å². The zero-order valence-electron chi connectivity index (χ0n) is 18.1. The van der Waals surface area contributed by atoms with Crippen molar-refractivity contribution in [2.75, 3.05) is 19.0 Å². The van der Waals surface area contributed by atoms with E-state index in [9.17, 15) is 19.2 Å². The number of nitrogens with zero attached hydrogens (tertiary/aromatic N) is 1. The van der Waals surface area contributed by atoms with Crippen molar-refractivity contribution in [3.05, 3.63) is 63.5 Å². The summed E-state index contributed by atoms with van der Waals surface area (Å²) in [5, 5.41) is 2.40. The molecule has 1 aliphatic heterocycles. The highest BCUT2D eigenvalue weighted by Crippen LogP contribution is 2.35. The minimum atomic E-state index is -1.03. The third-order valence-electron chi connectivity index (χ3n) is 4.70. The van der Waals surface area contributed by atoms with Crippen LogP contribution in [0.25, 0.3) is 6.08 Å². The highest BCUT2D eigenvalue weighted by Gasteiger charge is 2.41. The first-order valence-electron chi connectivity index (χ1n) is 9.83. The molecule has 3 amide bonds. The molecule has 2 aromatic rings. The standard InChI is InChI=1S/C23H21ClN2O6S/c1-13-4-7-16(8-5-13)25-20(27)12-32-18-9-6-15(10-17(18)24)11-19-21(28)26(23(30)33-19)14(2)22(29)31-3/h4-11,14H,12H2,1-3H3,(H,25,27). The highest BCUT2D eigenvalue weighted by atomic mass is 35.5. The molecule has 0 aromatic heterocycles. The van der Waals surface area contributed by atoms with Gasteiger partial charge in [0.2, 0.25) is 0 Å². The third kappa shape index (κ3) is 5.94. The number of aryl methyl sites for hydroxylation is 1. The van der Waals surface area contributed by atoms with E-state index >= 15 is 0 Å². The molecule has 2 aromatic carbocycles. The summed E-state index contributed by atoms with van der Waals surface area (Å²) >= 11 is 6.99. The quantitative estimate of drug-likeness (QED) is 0.458. The number of imide groups is 1. The van der Waals surface area contributed by atoms with Crippen molar-refractivity contribution in [1.82, 2.24) is 4.90 Å². The molecular formula is C23H21ClN2O6S. The molecule has 0 saturated carbocycles. The van der Waals surface area contributed by atoms with Gasteiger partial charge in [0.1, 0.15) is 11.8 Å². The summed E-state index contributed by atoms with van der Waals surface area (Å²) in [6.45, 7) is 3.13. The van der Waals surface area contributed by atoms with Crippen LogP contribution in [0.3, 0.4) is 0 Å². The average Bonchev–Trinajstić information content (AvgIpc) is 3.06. The van der Waals surface area contributed by atoms with Crippen molar-refractivity contribution < 1.29 is 28.7 Å². The van der Waals surface area contributed by atoms with E-state index in [-0.39, 0.29) is 22.4 Å². The van der Waals surface area contributed by atoms with Gasteiger partial charge < -0.3 is 14.8 Å². The Morgan fingerprint density at radius 3 is 2.52 bits per heavy atom. The second-order valence-electron chi connectivity index (χ2n) is 7.14. The lowest BCUT2D eigenvalue weighted by molar-refractivity contribution is -0.148. The molecular weight excluding hydrogens is 468 g/mol. The van der Waals surface area contributed by atoms with Crippen LogP contribution in [0, 0.1) is 6.92 Å². The van der Waals surface area contributed by atoms with Crippen molar-refractivity contribution in [2.24, 2.45) is 0 Å². The average molecular weight is 489 g/mol. The SMILES string of the molecule is COC(=O)C(C)N1C(=O)SC(=Cc2ccc(OCC(=O)Nc3ccc(C)cc3)c(Cl)c2)C1=O. The normalized spacial score (nSPS) is 15.5. The number of methoxy groups -OCH3 is 1. The number of rotatable bonds is 7. The minimum absolute atomic E-state index is 0.151. The zero-order valence-corrected chi connectivity index (χ0v) is 19.7. The lowest BCUT2D eigenvalue weighted by Gasteiger charge is -2.18. The van der Waals surface area contributed by atoms with Crippen molar-refractivity contribution in [3.63, 3.8) is 0 Å². The summed E-state index contributed by atoms with van der Waals surface area (Å²) in [6.07, 6.45) is 1.49. The molecule has 1 atom stereocenters. The van der Waals surface area contributed by atoms with E-state index in [0.29, 0.717) is 17.0 Å². The van der Waals surface area contributed by atoms with Crippen molar-refractivity contribution in [1.29, 1.82) is 0 Å². The van der Waals surface area contributed by atoms with Gasteiger partial charge in [0.15, 0.2) is 6.61 Å². The van der Waals surface area contributed by atoms with Gasteiger partial charge in [-0.2, -0.15) is 0 Å². The number of carbonyl (C=O) groups excluding carboxylic acids is 4. The van der Waals surface area contributed by atoms with Gasteiger partial charge >= 0.3 is 5.97 Å². The number of amides is 3. The van der Waals surface area contributed by atoms with E-state index in [4.69, 9.17) is 16.3 Å². The smallest absolute Gasteiger partial charge is 0.328 e. The van der Waals surface area contributed by atoms with Gasteiger partial charge in [0, 0.05) is 5.69 Å². The predicted octanol–water partition coefficient (Wildman–Crippen LogP) is 4.26.